The van der Waals surface area contributed by atoms with Crippen LogP contribution in [0.25, 0.3) is 33.3 Å². The van der Waals surface area contributed by atoms with E-state index in [1.165, 1.54) is 18.3 Å². The van der Waals surface area contributed by atoms with Gasteiger partial charge in [0.1, 0.15) is 10.7 Å². The van der Waals surface area contributed by atoms with Crippen LogP contribution in [0, 0.1) is 17.0 Å². The van der Waals surface area contributed by atoms with Gasteiger partial charge in [0.2, 0.25) is 0 Å². The molecule has 0 saturated heterocycles. The van der Waals surface area contributed by atoms with Gasteiger partial charge in [0.25, 0.3) is 5.91 Å². The quantitative estimate of drug-likeness (QED) is 0.159. The summed E-state index contributed by atoms with van der Waals surface area (Å²) < 4.78 is 10.5. The lowest BCUT2D eigenvalue weighted by atomic mass is 9.97. The molecule has 1 N–H and O–H groups in total. The molecule has 0 aliphatic heterocycles. The lowest BCUT2D eigenvalue weighted by Crippen LogP contribution is -2.24. The van der Waals surface area contributed by atoms with Crippen LogP contribution in [0.15, 0.2) is 101 Å². The Bertz CT molecular complexity index is 1640. The van der Waals surface area contributed by atoms with Crippen molar-refractivity contribution in [3.05, 3.63) is 112 Å². The topological polar surface area (TPSA) is 120 Å². The molecule has 0 bridgehead atoms. The molecule has 0 spiro atoms. The summed E-state index contributed by atoms with van der Waals surface area (Å²) in [5, 5.41) is 15.4. The molecular weight excluding hydrogens is 484 g/mol. The minimum absolute atomic E-state index is 0.140. The van der Waals surface area contributed by atoms with Crippen molar-refractivity contribution in [3.63, 3.8) is 0 Å². The fourth-order valence-electron chi connectivity index (χ4n) is 3.92. The summed E-state index contributed by atoms with van der Waals surface area (Å²) in [4.78, 5) is 26.9. The van der Waals surface area contributed by atoms with Crippen molar-refractivity contribution in [1.29, 1.82) is 0 Å². The Hall–Kier alpha value is -5.31. The first kappa shape index (κ1) is 24.4. The highest BCUT2D eigenvalue weighted by Crippen LogP contribution is 2.33. The fraction of sp³-hybridized carbons (Fsp3) is 0.0690. The maximum absolute atomic E-state index is 12.0. The van der Waals surface area contributed by atoms with Crippen molar-refractivity contribution >= 4 is 28.9 Å². The highest BCUT2D eigenvalue weighted by molar-refractivity contribution is 5.97. The van der Waals surface area contributed by atoms with E-state index in [0.29, 0.717) is 5.75 Å². The minimum Gasteiger partial charge on any atom is -0.484 e. The maximum atomic E-state index is 12.0. The number of aromatic nitrogens is 1. The number of hydrogen-bond donors (Lipinski definition) is 1. The molecule has 0 aliphatic carbocycles. The Balaban J connectivity index is 1.27. The Morgan fingerprint density at radius 3 is 2.55 bits per heavy atom. The molecule has 38 heavy (non-hydrogen) atoms. The van der Waals surface area contributed by atoms with Gasteiger partial charge >= 0.3 is 5.88 Å². The largest absolute Gasteiger partial charge is 0.484 e. The zero-order valence-electron chi connectivity index (χ0n) is 20.3. The molecule has 0 fully saturated rings. The third kappa shape index (κ3) is 5.57. The molecule has 2 heterocycles. The molecule has 188 valence electrons. The lowest BCUT2D eigenvalue weighted by Gasteiger charge is -2.12. The molecule has 0 radical (unpaired) electrons. The number of benzene rings is 3. The molecule has 9 nitrogen and oxygen atoms in total. The molecule has 0 aliphatic rings. The van der Waals surface area contributed by atoms with E-state index in [9.17, 15) is 14.9 Å². The number of furan rings is 1. The van der Waals surface area contributed by atoms with Crippen molar-refractivity contribution in [2.75, 3.05) is 6.61 Å². The third-order valence-electron chi connectivity index (χ3n) is 5.74. The molecule has 0 saturated carbocycles. The Labute approximate surface area is 217 Å². The molecule has 2 aromatic heterocycles. The average Bonchev–Trinajstić information content (AvgIpc) is 3.41. The van der Waals surface area contributed by atoms with Gasteiger partial charge < -0.3 is 9.15 Å². The standard InChI is InChI=1S/C29H22N4O5/c1-19-7-13-24-25(20-5-3-2-4-6-20)16-26(31-27(24)15-19)21-8-10-22(11-9-21)37-18-28(34)32-30-17-23-12-14-29(38-23)33(35)36/h2-17H,18H2,1H3,(H,32,34)/b30-17+. The first-order valence-electron chi connectivity index (χ1n) is 11.7. The van der Waals surface area contributed by atoms with E-state index < -0.39 is 16.7 Å². The van der Waals surface area contributed by atoms with E-state index in [1.54, 1.807) is 12.1 Å². The van der Waals surface area contributed by atoms with Gasteiger partial charge in [-0.15, -0.1) is 0 Å². The van der Waals surface area contributed by atoms with Crippen LogP contribution >= 0.6 is 0 Å². The summed E-state index contributed by atoms with van der Waals surface area (Å²) >= 11 is 0. The van der Waals surface area contributed by atoms with Crippen LogP contribution in [0.3, 0.4) is 0 Å². The van der Waals surface area contributed by atoms with Gasteiger partial charge in [-0.1, -0.05) is 42.5 Å². The zero-order valence-corrected chi connectivity index (χ0v) is 20.3. The summed E-state index contributed by atoms with van der Waals surface area (Å²) in [7, 11) is 0. The molecule has 3 aromatic carbocycles. The smallest absolute Gasteiger partial charge is 0.433 e. The Morgan fingerprint density at radius 2 is 1.82 bits per heavy atom. The second kappa shape index (κ2) is 10.8. The van der Waals surface area contributed by atoms with Crippen LogP contribution in [-0.4, -0.2) is 28.6 Å². The summed E-state index contributed by atoms with van der Waals surface area (Å²) in [6.07, 6.45) is 1.17. The minimum atomic E-state index is -0.659. The number of pyridine rings is 1. The van der Waals surface area contributed by atoms with Gasteiger partial charge in [0.15, 0.2) is 12.4 Å². The molecule has 0 atom stereocenters. The van der Waals surface area contributed by atoms with Crippen LogP contribution in [0.1, 0.15) is 11.3 Å². The van der Waals surface area contributed by atoms with Crippen molar-refractivity contribution in [2.45, 2.75) is 6.92 Å². The predicted octanol–water partition coefficient (Wildman–Crippen LogP) is 5.91. The predicted molar refractivity (Wildman–Crippen MR) is 144 cm³/mol. The van der Waals surface area contributed by atoms with Crippen molar-refractivity contribution in [2.24, 2.45) is 5.10 Å². The molecule has 0 unspecified atom stereocenters. The van der Waals surface area contributed by atoms with E-state index in [2.05, 4.69) is 46.9 Å². The Kier molecular flexibility index (Phi) is 6.90. The second-order valence-corrected chi connectivity index (χ2v) is 8.48. The number of nitro groups is 1. The number of nitrogens with one attached hydrogen (secondary N) is 1. The summed E-state index contributed by atoms with van der Waals surface area (Å²) in [5.74, 6) is -0.254. The van der Waals surface area contributed by atoms with Gasteiger partial charge in [0.05, 0.1) is 23.5 Å². The van der Waals surface area contributed by atoms with E-state index in [4.69, 9.17) is 14.1 Å². The number of rotatable bonds is 8. The highest BCUT2D eigenvalue weighted by atomic mass is 16.6. The van der Waals surface area contributed by atoms with E-state index in [0.717, 1.165) is 38.9 Å². The Morgan fingerprint density at radius 1 is 1.03 bits per heavy atom. The second-order valence-electron chi connectivity index (χ2n) is 8.48. The van der Waals surface area contributed by atoms with Crippen LogP contribution in [0.4, 0.5) is 5.88 Å². The first-order chi connectivity index (χ1) is 18.5. The normalized spacial score (nSPS) is 11.1. The van der Waals surface area contributed by atoms with Gasteiger partial charge in [-0.25, -0.2) is 10.4 Å². The number of ether oxygens (including phenoxy) is 1. The van der Waals surface area contributed by atoms with Gasteiger partial charge in [-0.2, -0.15) is 5.10 Å². The fourth-order valence-corrected chi connectivity index (χ4v) is 3.92. The van der Waals surface area contributed by atoms with Crippen LogP contribution in [-0.2, 0) is 4.79 Å². The van der Waals surface area contributed by atoms with Gasteiger partial charge in [-0.05, 0) is 66.1 Å². The number of carbonyl (C=O) groups excluding carboxylic acids is 1. The van der Waals surface area contributed by atoms with Crippen LogP contribution in [0.5, 0.6) is 5.75 Å². The number of hydrazone groups is 1. The summed E-state index contributed by atoms with van der Waals surface area (Å²) in [6, 6.07) is 28.5. The van der Waals surface area contributed by atoms with E-state index in [-0.39, 0.29) is 12.4 Å². The maximum Gasteiger partial charge on any atom is 0.433 e. The number of fused-ring (bicyclic) bond motifs is 1. The molecule has 5 aromatic rings. The lowest BCUT2D eigenvalue weighted by molar-refractivity contribution is -0.402. The monoisotopic (exact) mass is 506 g/mol. The van der Waals surface area contributed by atoms with Crippen molar-refractivity contribution in [3.8, 4) is 28.1 Å². The van der Waals surface area contributed by atoms with Crippen molar-refractivity contribution in [1.82, 2.24) is 10.4 Å². The molecular formula is C29H22N4O5. The summed E-state index contributed by atoms with van der Waals surface area (Å²) in [5.41, 5.74) is 8.31. The number of nitrogens with zero attached hydrogens (tertiary/aromatic N) is 3. The SMILES string of the molecule is Cc1ccc2c(-c3ccccc3)cc(-c3ccc(OCC(=O)N/N=C/c4ccc([N+](=O)[O-])o4)cc3)nc2c1. The zero-order chi connectivity index (χ0) is 26.5. The number of aryl methyl sites for hydroxylation is 1. The first-order valence-corrected chi connectivity index (χ1v) is 11.7. The van der Waals surface area contributed by atoms with Crippen molar-refractivity contribution < 1.29 is 18.9 Å². The summed E-state index contributed by atoms with van der Waals surface area (Å²) in [6.45, 7) is 1.79. The average molecular weight is 507 g/mol. The number of amides is 1. The molecule has 5 rings (SSSR count). The molecule has 9 heteroatoms. The van der Waals surface area contributed by atoms with Crippen LogP contribution < -0.4 is 10.2 Å². The number of carbonyl (C=O) groups is 1. The van der Waals surface area contributed by atoms with E-state index in [1.807, 2.05) is 37.3 Å². The highest BCUT2D eigenvalue weighted by Gasteiger charge is 2.12. The van der Waals surface area contributed by atoms with Crippen LogP contribution in [0.2, 0.25) is 0 Å². The third-order valence-corrected chi connectivity index (χ3v) is 5.74. The van der Waals surface area contributed by atoms with E-state index >= 15 is 0 Å². The van der Waals surface area contributed by atoms with Gasteiger partial charge in [0, 0.05) is 10.9 Å². The number of hydrogen-bond acceptors (Lipinski definition) is 7. The van der Waals surface area contributed by atoms with Gasteiger partial charge in [-0.3, -0.25) is 14.9 Å². The molecule has 1 amide bonds.